The van der Waals surface area contributed by atoms with E-state index in [-0.39, 0.29) is 5.91 Å². The number of amides is 1. The van der Waals surface area contributed by atoms with Gasteiger partial charge >= 0.3 is 0 Å². The second kappa shape index (κ2) is 4.30. The van der Waals surface area contributed by atoms with Crippen LogP contribution in [0.3, 0.4) is 0 Å². The molecule has 1 aliphatic heterocycles. The van der Waals surface area contributed by atoms with Crippen molar-refractivity contribution in [2.24, 2.45) is 17.6 Å². The van der Waals surface area contributed by atoms with E-state index in [0.717, 1.165) is 18.9 Å². The van der Waals surface area contributed by atoms with Crippen LogP contribution in [0.25, 0.3) is 0 Å². The highest BCUT2D eigenvalue weighted by Gasteiger charge is 2.34. The zero-order chi connectivity index (χ0) is 9.97. The molecule has 1 saturated heterocycles. The molecule has 0 aromatic heterocycles. The summed E-state index contributed by atoms with van der Waals surface area (Å²) in [6.07, 6.45) is 7.03. The van der Waals surface area contributed by atoms with Crippen LogP contribution < -0.4 is 11.1 Å². The van der Waals surface area contributed by atoms with Gasteiger partial charge in [0, 0.05) is 12.5 Å². The molecule has 0 aromatic rings. The Bertz CT molecular complexity index is 211. The van der Waals surface area contributed by atoms with Crippen LogP contribution in [0, 0.1) is 11.8 Å². The molecular weight excluding hydrogens is 176 g/mol. The van der Waals surface area contributed by atoms with Crippen LogP contribution in [0.4, 0.5) is 0 Å². The van der Waals surface area contributed by atoms with E-state index in [1.54, 1.807) is 0 Å². The van der Waals surface area contributed by atoms with Crippen molar-refractivity contribution in [1.29, 1.82) is 0 Å². The smallest absolute Gasteiger partial charge is 0.220 e. The quantitative estimate of drug-likeness (QED) is 0.708. The third kappa shape index (κ3) is 1.92. The van der Waals surface area contributed by atoms with Crippen molar-refractivity contribution in [1.82, 2.24) is 5.32 Å². The Hall–Kier alpha value is -0.570. The van der Waals surface area contributed by atoms with Crippen LogP contribution in [0.2, 0.25) is 0 Å². The first-order chi connectivity index (χ1) is 6.81. The number of nitrogens with two attached hydrogens (primary N) is 1. The van der Waals surface area contributed by atoms with E-state index in [1.165, 1.54) is 25.7 Å². The maximum atomic E-state index is 11.1. The van der Waals surface area contributed by atoms with Gasteiger partial charge in [0.05, 0.1) is 0 Å². The van der Waals surface area contributed by atoms with Crippen LogP contribution >= 0.6 is 0 Å². The molecule has 1 amide bonds. The topological polar surface area (TPSA) is 55.1 Å². The predicted octanol–water partition coefficient (Wildman–Crippen LogP) is 1.03. The largest absolute Gasteiger partial charge is 0.353 e. The summed E-state index contributed by atoms with van der Waals surface area (Å²) in [7, 11) is 0. The van der Waals surface area contributed by atoms with Gasteiger partial charge in [-0.3, -0.25) is 4.79 Å². The number of carbonyl (C=O) groups excluding carboxylic acids is 1. The zero-order valence-electron chi connectivity index (χ0n) is 8.67. The van der Waals surface area contributed by atoms with Gasteiger partial charge in [-0.2, -0.15) is 0 Å². The molecule has 2 aliphatic rings. The first kappa shape index (κ1) is 9.97. The molecule has 2 fully saturated rings. The second-order valence-corrected chi connectivity index (χ2v) is 4.66. The monoisotopic (exact) mass is 196 g/mol. The Balaban J connectivity index is 1.94. The maximum Gasteiger partial charge on any atom is 0.220 e. The summed E-state index contributed by atoms with van der Waals surface area (Å²) in [5.74, 6) is 1.51. The fraction of sp³-hybridized carbons (Fsp3) is 0.909. The van der Waals surface area contributed by atoms with Crippen molar-refractivity contribution in [3.63, 3.8) is 0 Å². The Morgan fingerprint density at radius 2 is 2.07 bits per heavy atom. The lowest BCUT2D eigenvalue weighted by molar-refractivity contribution is -0.119. The van der Waals surface area contributed by atoms with E-state index in [9.17, 15) is 4.79 Å². The molecule has 3 heteroatoms. The molecular formula is C11H20N2O. The molecule has 14 heavy (non-hydrogen) atoms. The van der Waals surface area contributed by atoms with Gasteiger partial charge in [0.2, 0.25) is 5.91 Å². The lowest BCUT2D eigenvalue weighted by Crippen LogP contribution is -2.40. The van der Waals surface area contributed by atoms with Crippen molar-refractivity contribution in [3.8, 4) is 0 Å². The summed E-state index contributed by atoms with van der Waals surface area (Å²) in [4.78, 5) is 11.1. The molecule has 1 saturated carbocycles. The summed E-state index contributed by atoms with van der Waals surface area (Å²) in [6.45, 7) is 0.732. The SMILES string of the molecule is NCC(C1CCCC1)C1CCC(=O)N1. The second-order valence-electron chi connectivity index (χ2n) is 4.66. The molecule has 0 bridgehead atoms. The minimum Gasteiger partial charge on any atom is -0.353 e. The number of hydrogen-bond donors (Lipinski definition) is 2. The highest BCUT2D eigenvalue weighted by molar-refractivity contribution is 5.78. The summed E-state index contributed by atoms with van der Waals surface area (Å²) < 4.78 is 0. The summed E-state index contributed by atoms with van der Waals surface area (Å²) in [5.41, 5.74) is 5.83. The van der Waals surface area contributed by atoms with Gasteiger partial charge in [-0.05, 0) is 24.8 Å². The van der Waals surface area contributed by atoms with Gasteiger partial charge < -0.3 is 11.1 Å². The van der Waals surface area contributed by atoms with E-state index in [4.69, 9.17) is 5.73 Å². The van der Waals surface area contributed by atoms with Crippen LogP contribution in [0.5, 0.6) is 0 Å². The fourth-order valence-corrected chi connectivity index (χ4v) is 3.03. The zero-order valence-corrected chi connectivity index (χ0v) is 8.67. The fourth-order valence-electron chi connectivity index (χ4n) is 3.03. The van der Waals surface area contributed by atoms with E-state index < -0.39 is 0 Å². The Morgan fingerprint density at radius 1 is 1.36 bits per heavy atom. The minimum atomic E-state index is 0.214. The van der Waals surface area contributed by atoms with Gasteiger partial charge in [-0.25, -0.2) is 0 Å². The molecule has 2 atom stereocenters. The number of nitrogens with one attached hydrogen (secondary N) is 1. The molecule has 0 aromatic carbocycles. The molecule has 80 valence electrons. The van der Waals surface area contributed by atoms with Gasteiger partial charge in [0.15, 0.2) is 0 Å². The highest BCUT2D eigenvalue weighted by atomic mass is 16.1. The van der Waals surface area contributed by atoms with Crippen molar-refractivity contribution >= 4 is 5.91 Å². The van der Waals surface area contributed by atoms with E-state index in [1.807, 2.05) is 0 Å². The Morgan fingerprint density at radius 3 is 2.57 bits per heavy atom. The summed E-state index contributed by atoms with van der Waals surface area (Å²) in [6, 6.07) is 0.371. The average molecular weight is 196 g/mol. The molecule has 2 unspecified atom stereocenters. The molecule has 2 rings (SSSR count). The van der Waals surface area contributed by atoms with Crippen molar-refractivity contribution < 1.29 is 4.79 Å². The average Bonchev–Trinajstić information content (AvgIpc) is 2.79. The van der Waals surface area contributed by atoms with Crippen LogP contribution in [0.15, 0.2) is 0 Å². The minimum absolute atomic E-state index is 0.214. The van der Waals surface area contributed by atoms with Crippen molar-refractivity contribution in [3.05, 3.63) is 0 Å². The third-order valence-electron chi connectivity index (χ3n) is 3.82. The molecule has 0 spiro atoms. The Labute approximate surface area is 85.4 Å². The van der Waals surface area contributed by atoms with Gasteiger partial charge in [-0.1, -0.05) is 25.7 Å². The summed E-state index contributed by atoms with van der Waals surface area (Å²) >= 11 is 0. The standard InChI is InChI=1S/C11H20N2O/c12-7-9(8-3-1-2-4-8)10-5-6-11(14)13-10/h8-10H,1-7,12H2,(H,13,14). The number of rotatable bonds is 3. The third-order valence-corrected chi connectivity index (χ3v) is 3.82. The lowest BCUT2D eigenvalue weighted by atomic mass is 9.84. The molecule has 3 nitrogen and oxygen atoms in total. The van der Waals surface area contributed by atoms with Crippen LogP contribution in [-0.4, -0.2) is 18.5 Å². The van der Waals surface area contributed by atoms with Crippen LogP contribution in [0.1, 0.15) is 38.5 Å². The van der Waals surface area contributed by atoms with E-state index in [0.29, 0.717) is 18.4 Å². The predicted molar refractivity (Wildman–Crippen MR) is 55.7 cm³/mol. The van der Waals surface area contributed by atoms with Crippen LogP contribution in [-0.2, 0) is 4.79 Å². The molecule has 3 N–H and O–H groups in total. The van der Waals surface area contributed by atoms with Gasteiger partial charge in [0.1, 0.15) is 0 Å². The highest BCUT2D eigenvalue weighted by Crippen LogP contribution is 2.34. The first-order valence-electron chi connectivity index (χ1n) is 5.80. The Kier molecular flexibility index (Phi) is 3.06. The molecule has 1 aliphatic carbocycles. The van der Waals surface area contributed by atoms with Crippen molar-refractivity contribution in [2.75, 3.05) is 6.54 Å². The molecule has 0 radical (unpaired) electrons. The van der Waals surface area contributed by atoms with Crippen molar-refractivity contribution in [2.45, 2.75) is 44.6 Å². The number of carbonyl (C=O) groups is 1. The lowest BCUT2D eigenvalue weighted by Gasteiger charge is -2.27. The van der Waals surface area contributed by atoms with Gasteiger partial charge in [0.25, 0.3) is 0 Å². The number of hydrogen-bond acceptors (Lipinski definition) is 2. The first-order valence-corrected chi connectivity index (χ1v) is 5.80. The maximum absolute atomic E-state index is 11.1. The van der Waals surface area contributed by atoms with E-state index in [2.05, 4.69) is 5.32 Å². The van der Waals surface area contributed by atoms with E-state index >= 15 is 0 Å². The van der Waals surface area contributed by atoms with Gasteiger partial charge in [-0.15, -0.1) is 0 Å². The summed E-state index contributed by atoms with van der Waals surface area (Å²) in [5, 5.41) is 3.06. The molecule has 1 heterocycles. The normalized spacial score (nSPS) is 30.6.